The number of aryl methyl sites for hydroxylation is 1. The number of ether oxygens (including phenoxy) is 2. The van der Waals surface area contributed by atoms with Gasteiger partial charge in [-0.15, -0.1) is 11.3 Å². The molecule has 2 atom stereocenters. The van der Waals surface area contributed by atoms with Crippen molar-refractivity contribution in [2.45, 2.75) is 25.9 Å². The van der Waals surface area contributed by atoms with E-state index in [9.17, 15) is 4.79 Å². The van der Waals surface area contributed by atoms with Crippen LogP contribution in [-0.2, 0) is 4.79 Å². The molecule has 0 spiro atoms. The molecule has 4 rings (SSSR count). The highest BCUT2D eigenvalue weighted by Crippen LogP contribution is 2.34. The highest BCUT2D eigenvalue weighted by molar-refractivity contribution is 7.10. The molecule has 0 unspecified atom stereocenters. The number of carbonyl (C=O) groups is 1. The van der Waals surface area contributed by atoms with Crippen molar-refractivity contribution in [3.8, 4) is 11.5 Å². The van der Waals surface area contributed by atoms with Gasteiger partial charge in [0.2, 0.25) is 12.7 Å². The van der Waals surface area contributed by atoms with E-state index < -0.39 is 0 Å². The van der Waals surface area contributed by atoms with Crippen molar-refractivity contribution in [2.24, 2.45) is 0 Å². The van der Waals surface area contributed by atoms with Crippen LogP contribution in [0.25, 0.3) is 0 Å². The van der Waals surface area contributed by atoms with Crippen LogP contribution in [0.15, 0.2) is 60.0 Å². The lowest BCUT2D eigenvalue weighted by Gasteiger charge is -2.20. The van der Waals surface area contributed by atoms with Crippen LogP contribution in [0, 0.1) is 6.92 Å². The summed E-state index contributed by atoms with van der Waals surface area (Å²) in [4.78, 5) is 13.8. The standard InChI is InChI=1S/C23H24N2O3S/c1-15-5-7-17(8-6-15)23(21-4-3-11-29-21)24-13-22(26)25-16(2)18-9-10-19-20(12-18)28-14-27-19/h3-12,16,23-24H,13-14H2,1-2H3,(H,25,26)/t16-,23+/m1/s1. The van der Waals surface area contributed by atoms with Crippen molar-refractivity contribution < 1.29 is 14.3 Å². The second-order valence-corrected chi connectivity index (χ2v) is 8.12. The Bertz CT molecular complexity index is 970. The van der Waals surface area contributed by atoms with E-state index in [2.05, 4.69) is 53.3 Å². The molecule has 0 aliphatic carbocycles. The molecule has 3 aromatic rings. The summed E-state index contributed by atoms with van der Waals surface area (Å²) in [6.07, 6.45) is 0. The molecule has 1 aromatic heterocycles. The second kappa shape index (κ2) is 8.68. The number of hydrogen-bond donors (Lipinski definition) is 2. The van der Waals surface area contributed by atoms with E-state index in [1.165, 1.54) is 10.4 Å². The molecule has 2 N–H and O–H groups in total. The van der Waals surface area contributed by atoms with E-state index in [0.717, 1.165) is 22.6 Å². The maximum absolute atomic E-state index is 12.6. The van der Waals surface area contributed by atoms with Crippen molar-refractivity contribution in [3.63, 3.8) is 0 Å². The third-order valence-electron chi connectivity index (χ3n) is 4.98. The normalized spacial score (nSPS) is 14.4. The summed E-state index contributed by atoms with van der Waals surface area (Å²) in [6, 6.07) is 18.1. The summed E-state index contributed by atoms with van der Waals surface area (Å²) >= 11 is 1.68. The summed E-state index contributed by atoms with van der Waals surface area (Å²) < 4.78 is 10.8. The first-order chi connectivity index (χ1) is 14.1. The minimum absolute atomic E-state index is 0.0119. The summed E-state index contributed by atoms with van der Waals surface area (Å²) in [5.41, 5.74) is 3.35. The van der Waals surface area contributed by atoms with Gasteiger partial charge in [-0.2, -0.15) is 0 Å². The summed E-state index contributed by atoms with van der Waals surface area (Å²) in [7, 11) is 0. The zero-order valence-electron chi connectivity index (χ0n) is 16.5. The van der Waals surface area contributed by atoms with Gasteiger partial charge in [0.25, 0.3) is 0 Å². The highest BCUT2D eigenvalue weighted by atomic mass is 32.1. The van der Waals surface area contributed by atoms with E-state index in [-0.39, 0.29) is 31.3 Å². The molecular weight excluding hydrogens is 384 g/mol. The van der Waals surface area contributed by atoms with Crippen molar-refractivity contribution in [2.75, 3.05) is 13.3 Å². The van der Waals surface area contributed by atoms with Gasteiger partial charge < -0.3 is 14.8 Å². The second-order valence-electron chi connectivity index (χ2n) is 7.14. The molecule has 0 saturated heterocycles. The van der Waals surface area contributed by atoms with Gasteiger partial charge in [-0.1, -0.05) is 42.0 Å². The predicted molar refractivity (Wildman–Crippen MR) is 114 cm³/mol. The number of amides is 1. The zero-order chi connectivity index (χ0) is 20.2. The van der Waals surface area contributed by atoms with Crippen LogP contribution in [-0.4, -0.2) is 19.2 Å². The number of fused-ring (bicyclic) bond motifs is 1. The van der Waals surface area contributed by atoms with Gasteiger partial charge in [0.1, 0.15) is 0 Å². The minimum atomic E-state index is -0.127. The van der Waals surface area contributed by atoms with Crippen molar-refractivity contribution in [1.82, 2.24) is 10.6 Å². The topological polar surface area (TPSA) is 59.6 Å². The monoisotopic (exact) mass is 408 g/mol. The van der Waals surface area contributed by atoms with Gasteiger partial charge >= 0.3 is 0 Å². The number of carbonyl (C=O) groups excluding carboxylic acids is 1. The molecule has 1 aliphatic heterocycles. The van der Waals surface area contributed by atoms with Crippen LogP contribution in [0.3, 0.4) is 0 Å². The van der Waals surface area contributed by atoms with E-state index in [0.29, 0.717) is 0 Å². The summed E-state index contributed by atoms with van der Waals surface area (Å²) in [5.74, 6) is 1.41. The predicted octanol–water partition coefficient (Wildman–Crippen LogP) is 4.34. The number of thiophene rings is 1. The van der Waals surface area contributed by atoms with Crippen LogP contribution in [0.5, 0.6) is 11.5 Å². The van der Waals surface area contributed by atoms with E-state index in [4.69, 9.17) is 9.47 Å². The Morgan fingerprint density at radius 3 is 2.59 bits per heavy atom. The number of nitrogens with one attached hydrogen (secondary N) is 2. The first kappa shape index (κ1) is 19.5. The lowest BCUT2D eigenvalue weighted by atomic mass is 10.0. The van der Waals surface area contributed by atoms with Crippen LogP contribution >= 0.6 is 11.3 Å². The third kappa shape index (κ3) is 4.60. The Hall–Kier alpha value is -2.83. The molecule has 0 radical (unpaired) electrons. The molecule has 0 bridgehead atoms. The van der Waals surface area contributed by atoms with Crippen LogP contribution in [0.2, 0.25) is 0 Å². The molecule has 2 heterocycles. The molecule has 29 heavy (non-hydrogen) atoms. The third-order valence-corrected chi connectivity index (χ3v) is 5.92. The SMILES string of the molecule is Cc1ccc([C@H](NCC(=O)N[C@H](C)c2ccc3c(c2)OCO3)c2cccs2)cc1. The molecule has 150 valence electrons. The van der Waals surface area contributed by atoms with Crippen molar-refractivity contribution in [3.05, 3.63) is 81.5 Å². The van der Waals surface area contributed by atoms with E-state index >= 15 is 0 Å². The maximum atomic E-state index is 12.6. The Morgan fingerprint density at radius 2 is 1.83 bits per heavy atom. The van der Waals surface area contributed by atoms with Crippen LogP contribution in [0.4, 0.5) is 0 Å². The van der Waals surface area contributed by atoms with E-state index in [1.54, 1.807) is 11.3 Å². The fourth-order valence-electron chi connectivity index (χ4n) is 3.35. The molecule has 0 saturated carbocycles. The van der Waals surface area contributed by atoms with Gasteiger partial charge in [0.15, 0.2) is 11.5 Å². The lowest BCUT2D eigenvalue weighted by Crippen LogP contribution is -2.37. The number of hydrogen-bond acceptors (Lipinski definition) is 5. The lowest BCUT2D eigenvalue weighted by molar-refractivity contribution is -0.121. The Morgan fingerprint density at radius 1 is 1.07 bits per heavy atom. The molecule has 0 fully saturated rings. The molecule has 1 aliphatic rings. The Labute approximate surface area is 174 Å². The number of benzene rings is 2. The summed E-state index contributed by atoms with van der Waals surface area (Å²) in [5, 5.41) is 8.52. The van der Waals surface area contributed by atoms with Gasteiger partial charge in [-0.05, 0) is 48.6 Å². The van der Waals surface area contributed by atoms with Gasteiger partial charge in [-0.25, -0.2) is 0 Å². The van der Waals surface area contributed by atoms with Crippen LogP contribution in [0.1, 0.15) is 40.6 Å². The molecular formula is C23H24N2O3S. The van der Waals surface area contributed by atoms with Gasteiger partial charge in [-0.3, -0.25) is 10.1 Å². The average Bonchev–Trinajstić information content (AvgIpc) is 3.40. The van der Waals surface area contributed by atoms with Crippen LogP contribution < -0.4 is 20.1 Å². The van der Waals surface area contributed by atoms with Crippen molar-refractivity contribution in [1.29, 1.82) is 0 Å². The van der Waals surface area contributed by atoms with Crippen molar-refractivity contribution >= 4 is 17.2 Å². The quantitative estimate of drug-likeness (QED) is 0.611. The van der Waals surface area contributed by atoms with Gasteiger partial charge in [0.05, 0.1) is 18.6 Å². The molecule has 1 amide bonds. The maximum Gasteiger partial charge on any atom is 0.234 e. The Balaban J connectivity index is 1.39. The molecule has 2 aromatic carbocycles. The average molecular weight is 409 g/mol. The first-order valence-corrected chi connectivity index (χ1v) is 10.5. The largest absolute Gasteiger partial charge is 0.454 e. The highest BCUT2D eigenvalue weighted by Gasteiger charge is 2.19. The Kier molecular flexibility index (Phi) is 5.83. The molecule has 6 heteroatoms. The number of rotatable bonds is 7. The van der Waals surface area contributed by atoms with Gasteiger partial charge in [0, 0.05) is 4.88 Å². The minimum Gasteiger partial charge on any atom is -0.454 e. The fraction of sp³-hybridized carbons (Fsp3) is 0.261. The smallest absolute Gasteiger partial charge is 0.234 e. The first-order valence-electron chi connectivity index (χ1n) is 9.62. The van der Waals surface area contributed by atoms with E-state index in [1.807, 2.05) is 31.2 Å². The summed E-state index contributed by atoms with van der Waals surface area (Å²) in [6.45, 7) is 4.51. The molecule has 5 nitrogen and oxygen atoms in total. The fourth-order valence-corrected chi connectivity index (χ4v) is 4.18. The zero-order valence-corrected chi connectivity index (χ0v) is 17.3.